The molecular weight excluding hydrogens is 586 g/mol. The minimum Gasteiger partial charge on any atom is -0.354 e. The first-order chi connectivity index (χ1) is 22.2. The third-order valence-electron chi connectivity index (χ3n) is 8.14. The number of rotatable bonds is 12. The predicted molar refractivity (Wildman–Crippen MR) is 178 cm³/mol. The molecule has 0 spiro atoms. The molecule has 0 fully saturated rings. The molecule has 0 radical (unpaired) electrons. The number of pyridine rings is 1. The molecule has 2 N–H and O–H groups in total. The fraction of sp³-hybridized carbons (Fsp3) is 0.278. The molecule has 2 heterocycles. The summed E-state index contributed by atoms with van der Waals surface area (Å²) >= 11 is 0. The summed E-state index contributed by atoms with van der Waals surface area (Å²) in [5, 5.41) is 6.69. The van der Waals surface area contributed by atoms with Gasteiger partial charge in [0, 0.05) is 29.1 Å². The number of aromatic nitrogens is 3. The maximum atomic E-state index is 15.1. The zero-order valence-corrected chi connectivity index (χ0v) is 26.5. The van der Waals surface area contributed by atoms with Gasteiger partial charge in [0.15, 0.2) is 5.65 Å². The molecule has 10 heteroatoms. The van der Waals surface area contributed by atoms with Crippen molar-refractivity contribution in [1.82, 2.24) is 24.8 Å². The fourth-order valence-corrected chi connectivity index (χ4v) is 5.48. The molecule has 5 rings (SSSR count). The van der Waals surface area contributed by atoms with Crippen molar-refractivity contribution in [3.05, 3.63) is 118 Å². The van der Waals surface area contributed by atoms with Crippen molar-refractivity contribution in [1.29, 1.82) is 0 Å². The summed E-state index contributed by atoms with van der Waals surface area (Å²) in [4.78, 5) is 38.4. The van der Waals surface area contributed by atoms with Gasteiger partial charge in [-0.2, -0.15) is 4.98 Å². The van der Waals surface area contributed by atoms with Crippen LogP contribution in [0.4, 0.5) is 14.7 Å². The maximum absolute atomic E-state index is 15.1. The maximum Gasteiger partial charge on any atom is 0.256 e. The second-order valence-electron chi connectivity index (χ2n) is 11.2. The molecule has 238 valence electrons. The molecule has 1 amide bonds. The van der Waals surface area contributed by atoms with Gasteiger partial charge >= 0.3 is 0 Å². The Balaban J connectivity index is 1.62. The summed E-state index contributed by atoms with van der Waals surface area (Å²) < 4.78 is 31.1. The van der Waals surface area contributed by atoms with Crippen LogP contribution in [0.15, 0.2) is 83.7 Å². The summed E-state index contributed by atoms with van der Waals surface area (Å²) in [5.74, 6) is -1.86. The van der Waals surface area contributed by atoms with Gasteiger partial charge in [-0.3, -0.25) is 14.2 Å². The number of carbonyl (C=O) groups is 1. The molecule has 5 aromatic rings. The molecule has 0 aliphatic rings. The van der Waals surface area contributed by atoms with Gasteiger partial charge in [0.05, 0.1) is 11.7 Å². The number of aryl methyl sites for hydroxylation is 1. The third-order valence-corrected chi connectivity index (χ3v) is 8.14. The van der Waals surface area contributed by atoms with Crippen molar-refractivity contribution in [2.45, 2.75) is 40.2 Å². The van der Waals surface area contributed by atoms with Gasteiger partial charge < -0.3 is 15.5 Å². The summed E-state index contributed by atoms with van der Waals surface area (Å²) in [6.07, 6.45) is 0.802. The van der Waals surface area contributed by atoms with Crippen LogP contribution < -0.4 is 16.2 Å². The molecule has 0 saturated heterocycles. The molecule has 3 aromatic carbocycles. The van der Waals surface area contributed by atoms with E-state index in [0.717, 1.165) is 53.9 Å². The second-order valence-corrected chi connectivity index (χ2v) is 11.2. The first-order valence-corrected chi connectivity index (χ1v) is 15.5. The lowest BCUT2D eigenvalue weighted by atomic mass is 9.99. The average Bonchev–Trinajstić information content (AvgIpc) is 3.06. The third kappa shape index (κ3) is 6.97. The van der Waals surface area contributed by atoms with Crippen LogP contribution in [0.25, 0.3) is 28.0 Å². The Morgan fingerprint density at radius 3 is 2.35 bits per heavy atom. The van der Waals surface area contributed by atoms with E-state index in [-0.39, 0.29) is 23.5 Å². The quantitative estimate of drug-likeness (QED) is 0.151. The van der Waals surface area contributed by atoms with E-state index in [4.69, 9.17) is 4.98 Å². The Hall–Kier alpha value is -4.96. The van der Waals surface area contributed by atoms with Crippen LogP contribution in [0.5, 0.6) is 0 Å². The monoisotopic (exact) mass is 624 g/mol. The number of nitrogens with one attached hydrogen (secondary N) is 2. The number of anilines is 1. The highest BCUT2D eigenvalue weighted by Gasteiger charge is 2.21. The van der Waals surface area contributed by atoms with Gasteiger partial charge in [-0.05, 0) is 81.4 Å². The highest BCUT2D eigenvalue weighted by atomic mass is 19.1. The normalized spacial score (nSPS) is 12.0. The number of amides is 1. The van der Waals surface area contributed by atoms with Gasteiger partial charge in [-0.1, -0.05) is 56.3 Å². The molecule has 0 aliphatic carbocycles. The Bertz CT molecular complexity index is 1890. The van der Waals surface area contributed by atoms with Crippen LogP contribution in [0.2, 0.25) is 0 Å². The van der Waals surface area contributed by atoms with E-state index in [1.807, 2.05) is 50.2 Å². The van der Waals surface area contributed by atoms with Crippen LogP contribution in [-0.4, -0.2) is 51.5 Å². The van der Waals surface area contributed by atoms with E-state index in [0.29, 0.717) is 28.8 Å². The van der Waals surface area contributed by atoms with Crippen LogP contribution in [-0.2, 0) is 0 Å². The van der Waals surface area contributed by atoms with Crippen LogP contribution >= 0.6 is 0 Å². The topological polar surface area (TPSA) is 92.2 Å². The van der Waals surface area contributed by atoms with E-state index in [9.17, 15) is 9.59 Å². The minimum absolute atomic E-state index is 0.0414. The molecule has 8 nitrogen and oxygen atoms in total. The number of hydrogen-bond acceptors (Lipinski definition) is 6. The SMILES string of the molecule is CCN(CC)CCCNc1nc(-c2cc(C(=O)N[C@H](C)c3ccccc3)ccc2C)c2ccc(=O)n(-c3c(F)cccc3F)c2n1. The Morgan fingerprint density at radius 1 is 0.935 bits per heavy atom. The van der Waals surface area contributed by atoms with Crippen molar-refractivity contribution in [2.75, 3.05) is 31.5 Å². The number of halogens is 2. The lowest BCUT2D eigenvalue weighted by Crippen LogP contribution is -2.26. The van der Waals surface area contributed by atoms with E-state index in [1.54, 1.807) is 18.2 Å². The number of hydrogen-bond donors (Lipinski definition) is 2. The van der Waals surface area contributed by atoms with Crippen LogP contribution in [0.3, 0.4) is 0 Å². The predicted octanol–water partition coefficient (Wildman–Crippen LogP) is 6.67. The number of nitrogens with zero attached hydrogens (tertiary/aromatic N) is 4. The fourth-order valence-electron chi connectivity index (χ4n) is 5.48. The molecule has 0 unspecified atom stereocenters. The zero-order chi connectivity index (χ0) is 32.8. The summed E-state index contributed by atoms with van der Waals surface area (Å²) in [5.41, 5.74) is 2.12. The molecule has 0 aliphatic heterocycles. The van der Waals surface area contributed by atoms with Crippen molar-refractivity contribution in [2.24, 2.45) is 0 Å². The largest absolute Gasteiger partial charge is 0.354 e. The van der Waals surface area contributed by atoms with Gasteiger partial charge in [-0.15, -0.1) is 0 Å². The number of fused-ring (bicyclic) bond motifs is 1. The molecule has 1 atom stereocenters. The Labute approximate surface area is 267 Å². The molecule has 46 heavy (non-hydrogen) atoms. The lowest BCUT2D eigenvalue weighted by molar-refractivity contribution is 0.0940. The number of benzene rings is 3. The molecule has 2 aromatic heterocycles. The Kier molecular flexibility index (Phi) is 10.2. The minimum atomic E-state index is -0.897. The van der Waals surface area contributed by atoms with Crippen LogP contribution in [0, 0.1) is 18.6 Å². The Morgan fingerprint density at radius 2 is 1.65 bits per heavy atom. The van der Waals surface area contributed by atoms with Crippen LogP contribution in [0.1, 0.15) is 54.7 Å². The van der Waals surface area contributed by atoms with Crippen molar-refractivity contribution >= 4 is 22.9 Å². The molecule has 0 saturated carbocycles. The number of carbonyl (C=O) groups excluding carboxylic acids is 1. The first-order valence-electron chi connectivity index (χ1n) is 15.5. The smallest absolute Gasteiger partial charge is 0.256 e. The first kappa shape index (κ1) is 32.4. The summed E-state index contributed by atoms with van der Waals surface area (Å²) in [6, 6.07) is 21.0. The highest BCUT2D eigenvalue weighted by Crippen LogP contribution is 2.32. The van der Waals surface area contributed by atoms with Gasteiger partial charge in [-0.25, -0.2) is 13.8 Å². The van der Waals surface area contributed by atoms with Crippen molar-refractivity contribution in [3.63, 3.8) is 0 Å². The van der Waals surface area contributed by atoms with Crippen molar-refractivity contribution in [3.8, 4) is 16.9 Å². The van der Waals surface area contributed by atoms with E-state index < -0.39 is 22.9 Å². The number of para-hydroxylation sites is 1. The highest BCUT2D eigenvalue weighted by molar-refractivity contribution is 5.98. The lowest BCUT2D eigenvalue weighted by Gasteiger charge is -2.19. The standard InChI is InChI=1S/C36H38F2N6O2/c1-5-43(6-2)21-11-20-39-36-41-32(27-18-19-31(45)44(34(27)42-36)33-29(37)14-10-15-30(33)38)28-22-26(17-16-23(28)3)35(46)40-24(4)25-12-8-7-9-13-25/h7-10,12-19,22,24H,5-6,11,20-21H2,1-4H3,(H,40,46)(H,39,41,42)/t24-/m1/s1. The average molecular weight is 625 g/mol. The van der Waals surface area contributed by atoms with Crippen molar-refractivity contribution < 1.29 is 13.6 Å². The summed E-state index contributed by atoms with van der Waals surface area (Å²) in [6.45, 7) is 11.3. The molecular formula is C36H38F2N6O2. The van der Waals surface area contributed by atoms with Gasteiger partial charge in [0.2, 0.25) is 5.95 Å². The zero-order valence-electron chi connectivity index (χ0n) is 26.5. The van der Waals surface area contributed by atoms with E-state index in [1.165, 1.54) is 12.1 Å². The van der Waals surface area contributed by atoms with Gasteiger partial charge in [0.1, 0.15) is 17.3 Å². The summed E-state index contributed by atoms with van der Waals surface area (Å²) in [7, 11) is 0. The van der Waals surface area contributed by atoms with Gasteiger partial charge in [0.25, 0.3) is 11.5 Å². The van der Waals surface area contributed by atoms with E-state index >= 15 is 8.78 Å². The molecule has 0 bridgehead atoms. The van der Waals surface area contributed by atoms with E-state index in [2.05, 4.69) is 34.4 Å². The second kappa shape index (κ2) is 14.4.